The zero-order valence-corrected chi connectivity index (χ0v) is 12.6. The van der Waals surface area contributed by atoms with E-state index < -0.39 is 5.97 Å². The van der Waals surface area contributed by atoms with Crippen molar-refractivity contribution in [2.45, 2.75) is 0 Å². The van der Waals surface area contributed by atoms with Crippen LogP contribution in [-0.2, 0) is 0 Å². The number of carboxylic acids is 1. The maximum absolute atomic E-state index is 10.8. The molecule has 0 aliphatic carbocycles. The summed E-state index contributed by atoms with van der Waals surface area (Å²) < 4.78 is 5.14. The van der Waals surface area contributed by atoms with Crippen LogP contribution in [0.1, 0.15) is 21.8 Å². The highest BCUT2D eigenvalue weighted by atomic mass is 35.5. The lowest BCUT2D eigenvalue weighted by molar-refractivity contribution is 0.0697. The molecule has 3 rings (SSSR count). The minimum atomic E-state index is -0.973. The van der Waals surface area contributed by atoms with Gasteiger partial charge in [-0.2, -0.15) is 4.98 Å². The summed E-state index contributed by atoms with van der Waals surface area (Å²) >= 11 is 7.68. The Labute approximate surface area is 134 Å². The summed E-state index contributed by atoms with van der Waals surface area (Å²) in [6.07, 6.45) is 1.64. The van der Waals surface area contributed by atoms with Crippen LogP contribution in [0.25, 0.3) is 21.8 Å². The van der Waals surface area contributed by atoms with Crippen molar-refractivity contribution in [2.24, 2.45) is 0 Å². The maximum Gasteiger partial charge on any atom is 0.335 e. The molecule has 0 atom stereocenters. The minimum Gasteiger partial charge on any atom is -0.478 e. The molecule has 0 bridgehead atoms. The summed E-state index contributed by atoms with van der Waals surface area (Å²) in [5.41, 5.74) is 0.955. The summed E-state index contributed by atoms with van der Waals surface area (Å²) in [6.45, 7) is 0. The van der Waals surface area contributed by atoms with Gasteiger partial charge in [0.2, 0.25) is 5.82 Å². The molecule has 1 N–H and O–H groups in total. The molecule has 110 valence electrons. The van der Waals surface area contributed by atoms with Gasteiger partial charge in [-0.25, -0.2) is 4.79 Å². The number of hydrogen-bond acceptors (Lipinski definition) is 5. The topological polar surface area (TPSA) is 76.2 Å². The summed E-state index contributed by atoms with van der Waals surface area (Å²) in [5, 5.41) is 14.9. The van der Waals surface area contributed by atoms with E-state index in [1.165, 1.54) is 23.5 Å². The van der Waals surface area contributed by atoms with Crippen molar-refractivity contribution in [3.63, 3.8) is 0 Å². The number of halogens is 1. The third-order valence-corrected chi connectivity index (χ3v) is 3.96. The van der Waals surface area contributed by atoms with Gasteiger partial charge in [-0.3, -0.25) is 0 Å². The quantitative estimate of drug-likeness (QED) is 0.773. The molecule has 3 aromatic rings. The minimum absolute atomic E-state index is 0.214. The second kappa shape index (κ2) is 6.13. The van der Waals surface area contributed by atoms with Crippen LogP contribution in [0.5, 0.6) is 0 Å². The highest BCUT2D eigenvalue weighted by Crippen LogP contribution is 2.26. The Morgan fingerprint density at radius 3 is 2.68 bits per heavy atom. The number of hydrogen-bond donors (Lipinski definition) is 1. The Morgan fingerprint density at radius 1 is 1.27 bits per heavy atom. The van der Waals surface area contributed by atoms with Crippen molar-refractivity contribution >= 4 is 40.0 Å². The van der Waals surface area contributed by atoms with E-state index >= 15 is 0 Å². The van der Waals surface area contributed by atoms with Crippen molar-refractivity contribution < 1.29 is 14.4 Å². The Hall–Kier alpha value is -2.44. The Kier molecular flexibility index (Phi) is 4.04. The van der Waals surface area contributed by atoms with Crippen LogP contribution < -0.4 is 0 Å². The predicted molar refractivity (Wildman–Crippen MR) is 84.7 cm³/mol. The lowest BCUT2D eigenvalue weighted by Crippen LogP contribution is -1.94. The molecule has 0 spiro atoms. The van der Waals surface area contributed by atoms with Gasteiger partial charge in [-0.1, -0.05) is 35.0 Å². The zero-order chi connectivity index (χ0) is 15.5. The first-order valence-corrected chi connectivity index (χ1v) is 7.48. The molecule has 0 aliphatic rings. The number of aromatic nitrogens is 2. The van der Waals surface area contributed by atoms with Gasteiger partial charge in [0.1, 0.15) is 5.03 Å². The van der Waals surface area contributed by atoms with Crippen molar-refractivity contribution in [1.29, 1.82) is 0 Å². The van der Waals surface area contributed by atoms with Gasteiger partial charge in [0.15, 0.2) is 0 Å². The van der Waals surface area contributed by atoms with Crippen molar-refractivity contribution in [2.75, 3.05) is 0 Å². The predicted octanol–water partition coefficient (Wildman–Crippen LogP) is 4.23. The largest absolute Gasteiger partial charge is 0.478 e. The average Bonchev–Trinajstić information content (AvgIpc) is 3.19. The molecule has 5 nitrogen and oxygen atoms in total. The molecule has 0 saturated heterocycles. The normalized spacial score (nSPS) is 11.6. The van der Waals surface area contributed by atoms with Gasteiger partial charge in [-0.15, -0.1) is 11.3 Å². The van der Waals surface area contributed by atoms with Crippen LogP contribution in [0.3, 0.4) is 0 Å². The van der Waals surface area contributed by atoms with E-state index in [4.69, 9.17) is 21.2 Å². The van der Waals surface area contributed by atoms with E-state index in [9.17, 15) is 4.79 Å². The first kappa shape index (κ1) is 14.5. The van der Waals surface area contributed by atoms with Crippen LogP contribution in [0.2, 0.25) is 0 Å². The van der Waals surface area contributed by atoms with Crippen LogP contribution in [0.15, 0.2) is 46.3 Å². The highest BCUT2D eigenvalue weighted by molar-refractivity contribution is 7.13. The molecule has 0 saturated carbocycles. The lowest BCUT2D eigenvalue weighted by atomic mass is 10.1. The standard InChI is InChI=1S/C15H9ClN2O3S/c16-11(8-9-3-5-10(6-4-9)15(19)20)14-17-13(18-21-14)12-2-1-7-22-12/h1-8H,(H,19,20)/b11-8-. The first-order valence-electron chi connectivity index (χ1n) is 6.22. The van der Waals surface area contributed by atoms with Gasteiger partial charge < -0.3 is 9.63 Å². The number of aromatic carboxylic acids is 1. The van der Waals surface area contributed by atoms with E-state index in [1.807, 2.05) is 17.5 Å². The molecule has 0 amide bonds. The fraction of sp³-hybridized carbons (Fsp3) is 0. The fourth-order valence-corrected chi connectivity index (χ4v) is 2.61. The molecule has 1 aromatic carbocycles. The van der Waals surface area contributed by atoms with Crippen molar-refractivity contribution in [1.82, 2.24) is 10.1 Å². The smallest absolute Gasteiger partial charge is 0.335 e. The number of thiophene rings is 1. The van der Waals surface area contributed by atoms with Crippen molar-refractivity contribution in [3.05, 3.63) is 58.8 Å². The van der Waals surface area contributed by atoms with Crippen LogP contribution in [-0.4, -0.2) is 21.2 Å². The molecule has 0 aliphatic heterocycles. The van der Waals surface area contributed by atoms with Gasteiger partial charge in [0.05, 0.1) is 10.4 Å². The fourth-order valence-electron chi connectivity index (χ4n) is 1.76. The number of nitrogens with zero attached hydrogens (tertiary/aromatic N) is 2. The molecule has 0 fully saturated rings. The molecule has 2 heterocycles. The summed E-state index contributed by atoms with van der Waals surface area (Å²) in [4.78, 5) is 15.9. The number of carbonyl (C=O) groups is 1. The van der Waals surface area contributed by atoms with Gasteiger partial charge in [-0.05, 0) is 35.2 Å². The highest BCUT2D eigenvalue weighted by Gasteiger charge is 2.12. The first-order chi connectivity index (χ1) is 10.6. The SMILES string of the molecule is O=C(O)c1ccc(/C=C(\Cl)c2nc(-c3cccs3)no2)cc1. The Bertz CT molecular complexity index is 823. The van der Waals surface area contributed by atoms with E-state index in [0.29, 0.717) is 10.9 Å². The van der Waals surface area contributed by atoms with E-state index in [1.54, 1.807) is 18.2 Å². The summed E-state index contributed by atoms with van der Waals surface area (Å²) in [7, 11) is 0. The summed E-state index contributed by atoms with van der Waals surface area (Å²) in [5.74, 6) is -0.274. The van der Waals surface area contributed by atoms with Crippen LogP contribution >= 0.6 is 22.9 Å². The molecular formula is C15H9ClN2O3S. The van der Waals surface area contributed by atoms with Gasteiger partial charge in [0.25, 0.3) is 5.89 Å². The Balaban J connectivity index is 1.84. The Morgan fingerprint density at radius 2 is 2.05 bits per heavy atom. The molecule has 2 aromatic heterocycles. The second-order valence-electron chi connectivity index (χ2n) is 4.32. The third kappa shape index (κ3) is 3.08. The molecular weight excluding hydrogens is 324 g/mol. The number of rotatable bonds is 4. The van der Waals surface area contributed by atoms with Crippen LogP contribution in [0, 0.1) is 0 Å². The van der Waals surface area contributed by atoms with Crippen molar-refractivity contribution in [3.8, 4) is 10.7 Å². The van der Waals surface area contributed by atoms with E-state index in [0.717, 1.165) is 10.4 Å². The monoisotopic (exact) mass is 332 g/mol. The maximum atomic E-state index is 10.8. The summed E-state index contributed by atoms with van der Waals surface area (Å²) in [6, 6.07) is 10.1. The van der Waals surface area contributed by atoms with E-state index in [2.05, 4.69) is 10.1 Å². The molecule has 22 heavy (non-hydrogen) atoms. The second-order valence-corrected chi connectivity index (χ2v) is 5.67. The van der Waals surface area contributed by atoms with Gasteiger partial charge >= 0.3 is 5.97 Å². The van der Waals surface area contributed by atoms with Crippen LogP contribution in [0.4, 0.5) is 0 Å². The van der Waals surface area contributed by atoms with E-state index in [-0.39, 0.29) is 11.5 Å². The number of benzene rings is 1. The molecule has 7 heteroatoms. The molecule has 0 radical (unpaired) electrons. The lowest BCUT2D eigenvalue weighted by Gasteiger charge is -1.96. The molecule has 0 unspecified atom stereocenters. The average molecular weight is 333 g/mol. The zero-order valence-electron chi connectivity index (χ0n) is 11.1. The third-order valence-electron chi connectivity index (χ3n) is 2.82. The van der Waals surface area contributed by atoms with Gasteiger partial charge in [0, 0.05) is 0 Å². The number of carboxylic acid groups (broad SMARTS) is 1.